The number of aliphatic carboxylic acids is 1. The van der Waals surface area contributed by atoms with Crippen LogP contribution in [0.4, 0.5) is 0 Å². The quantitative estimate of drug-likeness (QED) is 0.889. The first-order valence-electron chi connectivity index (χ1n) is 9.40. The van der Waals surface area contributed by atoms with Crippen LogP contribution in [-0.4, -0.2) is 35.0 Å². The maximum absolute atomic E-state index is 13.4. The van der Waals surface area contributed by atoms with Gasteiger partial charge in [0.2, 0.25) is 0 Å². The monoisotopic (exact) mass is 365 g/mol. The van der Waals surface area contributed by atoms with Crippen LogP contribution < -0.4 is 4.74 Å². The number of hydrogen-bond acceptors (Lipinski definition) is 3. The summed E-state index contributed by atoms with van der Waals surface area (Å²) in [4.78, 5) is 27.7. The molecule has 0 aromatic heterocycles. The molecule has 2 atom stereocenters. The Morgan fingerprint density at radius 1 is 1.04 bits per heavy atom. The van der Waals surface area contributed by atoms with E-state index < -0.39 is 17.9 Å². The van der Waals surface area contributed by atoms with E-state index in [-0.39, 0.29) is 11.9 Å². The predicted molar refractivity (Wildman–Crippen MR) is 101 cm³/mol. The first kappa shape index (κ1) is 17.6. The van der Waals surface area contributed by atoms with Gasteiger partial charge in [-0.15, -0.1) is 0 Å². The lowest BCUT2D eigenvalue weighted by atomic mass is 9.78. The molecule has 140 valence electrons. The van der Waals surface area contributed by atoms with Crippen LogP contribution in [0, 0.1) is 0 Å². The van der Waals surface area contributed by atoms with Gasteiger partial charge in [-0.25, -0.2) is 0 Å². The van der Waals surface area contributed by atoms with Gasteiger partial charge in [-0.3, -0.25) is 9.59 Å². The molecular formula is C22H23NO4. The second-order valence-corrected chi connectivity index (χ2v) is 7.24. The minimum atomic E-state index is -0.922. The van der Waals surface area contributed by atoms with E-state index in [4.69, 9.17) is 4.74 Å². The number of benzene rings is 2. The zero-order valence-corrected chi connectivity index (χ0v) is 15.3. The molecule has 1 aliphatic carbocycles. The van der Waals surface area contributed by atoms with Crippen molar-refractivity contribution in [1.29, 1.82) is 0 Å². The Morgan fingerprint density at radius 2 is 1.67 bits per heavy atom. The third-order valence-corrected chi connectivity index (χ3v) is 5.82. The van der Waals surface area contributed by atoms with Crippen LogP contribution in [0.25, 0.3) is 0 Å². The maximum atomic E-state index is 13.4. The van der Waals surface area contributed by atoms with E-state index in [9.17, 15) is 14.7 Å². The van der Waals surface area contributed by atoms with Crippen molar-refractivity contribution in [1.82, 2.24) is 4.90 Å². The highest BCUT2D eigenvalue weighted by molar-refractivity contribution is 6.00. The summed E-state index contributed by atoms with van der Waals surface area (Å²) in [5.41, 5.74) is 1.84. The normalized spacial score (nSPS) is 22.6. The molecule has 27 heavy (non-hydrogen) atoms. The number of para-hydroxylation sites is 1. The van der Waals surface area contributed by atoms with Gasteiger partial charge >= 0.3 is 5.97 Å². The summed E-state index contributed by atoms with van der Waals surface area (Å²) in [5, 5.41) is 10.1. The summed E-state index contributed by atoms with van der Waals surface area (Å²) in [6, 6.07) is 14.0. The van der Waals surface area contributed by atoms with Crippen LogP contribution in [-0.2, 0) is 4.79 Å². The summed E-state index contributed by atoms with van der Waals surface area (Å²) in [7, 11) is 1.58. The SMILES string of the molecule is COc1ccccc1[C@@H]1[C@H](C(=O)O)c2ccccc2C(=O)N1C1CCCC1. The first-order chi connectivity index (χ1) is 13.1. The predicted octanol–water partition coefficient (Wildman–Crippen LogP) is 4.00. The Balaban J connectivity index is 1.95. The highest BCUT2D eigenvalue weighted by Crippen LogP contribution is 2.48. The molecule has 5 heteroatoms. The third-order valence-electron chi connectivity index (χ3n) is 5.82. The van der Waals surface area contributed by atoms with E-state index in [1.54, 1.807) is 31.4 Å². The second-order valence-electron chi connectivity index (χ2n) is 7.24. The van der Waals surface area contributed by atoms with Gasteiger partial charge in [-0.2, -0.15) is 0 Å². The fourth-order valence-corrected chi connectivity index (χ4v) is 4.64. The Kier molecular flexibility index (Phi) is 4.60. The van der Waals surface area contributed by atoms with Crippen LogP contribution in [0.2, 0.25) is 0 Å². The highest BCUT2D eigenvalue weighted by atomic mass is 16.5. The van der Waals surface area contributed by atoms with Crippen molar-refractivity contribution in [2.75, 3.05) is 7.11 Å². The minimum absolute atomic E-state index is 0.0580. The molecule has 2 aliphatic rings. The van der Waals surface area contributed by atoms with Gasteiger partial charge in [0.1, 0.15) is 11.7 Å². The molecule has 1 aliphatic heterocycles. The van der Waals surface area contributed by atoms with E-state index in [0.717, 1.165) is 31.2 Å². The van der Waals surface area contributed by atoms with Crippen LogP contribution in [0.3, 0.4) is 0 Å². The molecule has 1 amide bonds. The smallest absolute Gasteiger partial charge is 0.313 e. The molecule has 1 N–H and O–H groups in total. The van der Waals surface area contributed by atoms with E-state index >= 15 is 0 Å². The molecule has 1 heterocycles. The van der Waals surface area contributed by atoms with E-state index in [2.05, 4.69) is 0 Å². The number of rotatable bonds is 4. The lowest BCUT2D eigenvalue weighted by Gasteiger charge is -2.44. The number of carboxylic acid groups (broad SMARTS) is 1. The number of ether oxygens (including phenoxy) is 1. The Morgan fingerprint density at radius 3 is 2.33 bits per heavy atom. The molecule has 0 spiro atoms. The fraction of sp³-hybridized carbons (Fsp3) is 0.364. The van der Waals surface area contributed by atoms with Crippen molar-refractivity contribution >= 4 is 11.9 Å². The number of fused-ring (bicyclic) bond motifs is 1. The van der Waals surface area contributed by atoms with Gasteiger partial charge in [0.15, 0.2) is 0 Å². The average molecular weight is 365 g/mol. The third kappa shape index (κ3) is 2.87. The lowest BCUT2D eigenvalue weighted by Crippen LogP contribution is -2.49. The van der Waals surface area contributed by atoms with Gasteiger partial charge in [0.05, 0.1) is 13.2 Å². The van der Waals surface area contributed by atoms with Crippen LogP contribution in [0.15, 0.2) is 48.5 Å². The number of carboxylic acids is 1. The zero-order valence-electron chi connectivity index (χ0n) is 15.3. The molecule has 0 saturated heterocycles. The molecule has 0 bridgehead atoms. The maximum Gasteiger partial charge on any atom is 0.313 e. The summed E-state index contributed by atoms with van der Waals surface area (Å²) in [5.74, 6) is -1.21. The molecule has 5 nitrogen and oxygen atoms in total. The number of methoxy groups -OCH3 is 1. The standard InChI is InChI=1S/C22H23NO4/c1-27-18-13-7-6-12-17(18)20-19(22(25)26)15-10-4-5-11-16(15)21(24)23(20)14-8-2-3-9-14/h4-7,10-14,19-20H,2-3,8-9H2,1H3,(H,25,26)/t19-,20-/m1/s1. The summed E-state index contributed by atoms with van der Waals surface area (Å²) in [6.07, 6.45) is 3.94. The van der Waals surface area contributed by atoms with Gasteiger partial charge < -0.3 is 14.7 Å². The van der Waals surface area contributed by atoms with Gasteiger partial charge in [-0.1, -0.05) is 49.2 Å². The van der Waals surface area contributed by atoms with Crippen LogP contribution in [0.1, 0.15) is 59.1 Å². The fourth-order valence-electron chi connectivity index (χ4n) is 4.64. The van der Waals surface area contributed by atoms with Crippen molar-refractivity contribution in [3.63, 3.8) is 0 Å². The lowest BCUT2D eigenvalue weighted by molar-refractivity contribution is -0.141. The molecule has 1 saturated carbocycles. The Labute approximate surface area is 158 Å². The molecule has 1 fully saturated rings. The van der Waals surface area contributed by atoms with E-state index in [1.807, 2.05) is 29.2 Å². The summed E-state index contributed by atoms with van der Waals surface area (Å²) < 4.78 is 5.53. The number of nitrogens with zero attached hydrogens (tertiary/aromatic N) is 1. The van der Waals surface area contributed by atoms with Crippen molar-refractivity contribution in [2.24, 2.45) is 0 Å². The molecular weight excluding hydrogens is 342 g/mol. The minimum Gasteiger partial charge on any atom is -0.496 e. The van der Waals surface area contributed by atoms with E-state index in [0.29, 0.717) is 16.9 Å². The number of amides is 1. The van der Waals surface area contributed by atoms with Crippen LogP contribution in [0.5, 0.6) is 5.75 Å². The molecule has 0 radical (unpaired) electrons. The Bertz CT molecular complexity index is 872. The van der Waals surface area contributed by atoms with E-state index in [1.165, 1.54) is 0 Å². The van der Waals surface area contributed by atoms with Gasteiger partial charge in [0, 0.05) is 17.2 Å². The van der Waals surface area contributed by atoms with Crippen molar-refractivity contribution in [2.45, 2.75) is 43.7 Å². The van der Waals surface area contributed by atoms with Crippen molar-refractivity contribution in [3.8, 4) is 5.75 Å². The average Bonchev–Trinajstić information content (AvgIpc) is 3.21. The summed E-state index contributed by atoms with van der Waals surface area (Å²) in [6.45, 7) is 0. The highest BCUT2D eigenvalue weighted by Gasteiger charge is 2.47. The number of carbonyl (C=O) groups excluding carboxylic acids is 1. The topological polar surface area (TPSA) is 66.8 Å². The number of carbonyl (C=O) groups is 2. The molecule has 4 rings (SSSR count). The molecule has 0 unspecified atom stereocenters. The molecule has 2 aromatic rings. The van der Waals surface area contributed by atoms with Crippen LogP contribution >= 0.6 is 0 Å². The Hall–Kier alpha value is -2.82. The second kappa shape index (κ2) is 7.06. The van der Waals surface area contributed by atoms with Crippen molar-refractivity contribution in [3.05, 3.63) is 65.2 Å². The summed E-state index contributed by atoms with van der Waals surface area (Å²) >= 11 is 0. The van der Waals surface area contributed by atoms with Gasteiger partial charge in [-0.05, 0) is 30.5 Å². The van der Waals surface area contributed by atoms with Crippen molar-refractivity contribution < 1.29 is 19.4 Å². The largest absolute Gasteiger partial charge is 0.496 e. The zero-order chi connectivity index (χ0) is 19.0. The number of hydrogen-bond donors (Lipinski definition) is 1. The van der Waals surface area contributed by atoms with Gasteiger partial charge in [0.25, 0.3) is 5.91 Å². The first-order valence-corrected chi connectivity index (χ1v) is 9.40. The molecule has 2 aromatic carbocycles.